The van der Waals surface area contributed by atoms with Crippen LogP contribution in [-0.2, 0) is 17.1 Å². The smallest absolute Gasteiger partial charge is 0.255 e. The van der Waals surface area contributed by atoms with Crippen LogP contribution in [0, 0.1) is 5.92 Å². The predicted molar refractivity (Wildman–Crippen MR) is 103 cm³/mol. The molecule has 8 heteroatoms. The highest BCUT2D eigenvalue weighted by Gasteiger charge is 2.27. The first-order chi connectivity index (χ1) is 12.8. The summed E-state index contributed by atoms with van der Waals surface area (Å²) >= 11 is 0. The predicted octanol–water partition coefficient (Wildman–Crippen LogP) is 2.06. The molecule has 0 saturated carbocycles. The van der Waals surface area contributed by atoms with Gasteiger partial charge in [-0.2, -0.15) is 4.31 Å². The van der Waals surface area contributed by atoms with Gasteiger partial charge in [0.05, 0.1) is 4.90 Å². The molecule has 1 aliphatic rings. The third-order valence-electron chi connectivity index (χ3n) is 4.86. The topological polar surface area (TPSA) is 88.5 Å². The minimum Gasteiger partial charge on any atom is -0.322 e. The van der Waals surface area contributed by atoms with Gasteiger partial charge in [0.1, 0.15) is 0 Å². The standard InChI is InChI=1S/C19H23N3O4S/c1-14-7-11-22(12-8-14)27(25,26)17-5-3-16(4-6-17)20-19(24)15-9-10-21(2)18(23)13-15/h3-6,9-10,13-14H,7-8,11-12H2,1-2H3,(H,20,24). The molecule has 27 heavy (non-hydrogen) atoms. The summed E-state index contributed by atoms with van der Waals surface area (Å²) in [4.78, 5) is 24.1. The van der Waals surface area contributed by atoms with E-state index in [1.165, 1.54) is 33.3 Å². The van der Waals surface area contributed by atoms with Gasteiger partial charge in [0.15, 0.2) is 0 Å². The molecular formula is C19H23N3O4S. The van der Waals surface area contributed by atoms with Gasteiger partial charge in [-0.05, 0) is 49.1 Å². The average Bonchev–Trinajstić information content (AvgIpc) is 2.64. The quantitative estimate of drug-likeness (QED) is 0.867. The molecule has 2 aromatic rings. The Morgan fingerprint density at radius 3 is 2.33 bits per heavy atom. The van der Waals surface area contributed by atoms with Crippen molar-refractivity contribution in [2.75, 3.05) is 18.4 Å². The van der Waals surface area contributed by atoms with Gasteiger partial charge in [-0.15, -0.1) is 0 Å². The Balaban J connectivity index is 1.72. The molecule has 0 bridgehead atoms. The zero-order valence-electron chi connectivity index (χ0n) is 15.4. The number of piperidine rings is 1. The number of hydrogen-bond donors (Lipinski definition) is 1. The molecule has 144 valence electrons. The number of hydrogen-bond acceptors (Lipinski definition) is 4. The fourth-order valence-corrected chi connectivity index (χ4v) is 4.45. The van der Waals surface area contributed by atoms with Crippen LogP contribution in [0.1, 0.15) is 30.1 Å². The Labute approximate surface area is 158 Å². The molecule has 0 radical (unpaired) electrons. The summed E-state index contributed by atoms with van der Waals surface area (Å²) < 4.78 is 28.3. The molecule has 1 amide bonds. The van der Waals surface area contributed by atoms with E-state index in [9.17, 15) is 18.0 Å². The van der Waals surface area contributed by atoms with Crippen LogP contribution in [0.25, 0.3) is 0 Å². The highest BCUT2D eigenvalue weighted by atomic mass is 32.2. The summed E-state index contributed by atoms with van der Waals surface area (Å²) in [6, 6.07) is 8.90. The van der Waals surface area contributed by atoms with E-state index in [2.05, 4.69) is 12.2 Å². The van der Waals surface area contributed by atoms with Crippen LogP contribution in [0.2, 0.25) is 0 Å². The number of carbonyl (C=O) groups excluding carboxylic acids is 1. The molecule has 1 aliphatic heterocycles. The van der Waals surface area contributed by atoms with E-state index < -0.39 is 15.9 Å². The fourth-order valence-electron chi connectivity index (χ4n) is 2.98. The van der Waals surface area contributed by atoms with Crippen molar-refractivity contribution in [2.45, 2.75) is 24.7 Å². The molecule has 1 fully saturated rings. The number of nitrogens with one attached hydrogen (secondary N) is 1. The number of benzene rings is 1. The molecule has 1 N–H and O–H groups in total. The van der Waals surface area contributed by atoms with Crippen LogP contribution in [0.5, 0.6) is 0 Å². The average molecular weight is 389 g/mol. The van der Waals surface area contributed by atoms with Crippen molar-refractivity contribution in [1.82, 2.24) is 8.87 Å². The maximum absolute atomic E-state index is 12.7. The number of pyridine rings is 1. The van der Waals surface area contributed by atoms with Crippen molar-refractivity contribution in [1.29, 1.82) is 0 Å². The number of anilines is 1. The van der Waals surface area contributed by atoms with Gasteiger partial charge < -0.3 is 9.88 Å². The monoisotopic (exact) mass is 389 g/mol. The van der Waals surface area contributed by atoms with E-state index in [0.29, 0.717) is 24.7 Å². The van der Waals surface area contributed by atoms with Crippen molar-refractivity contribution in [3.05, 3.63) is 58.5 Å². The molecular weight excluding hydrogens is 366 g/mol. The number of sulfonamides is 1. The van der Waals surface area contributed by atoms with E-state index in [-0.39, 0.29) is 16.0 Å². The number of nitrogens with zero attached hydrogens (tertiary/aromatic N) is 2. The van der Waals surface area contributed by atoms with Gasteiger partial charge in [0.2, 0.25) is 10.0 Å². The molecule has 1 saturated heterocycles. The molecule has 0 unspecified atom stereocenters. The molecule has 1 aromatic heterocycles. The first kappa shape index (κ1) is 19.3. The van der Waals surface area contributed by atoms with Gasteiger partial charge in [-0.3, -0.25) is 9.59 Å². The normalized spacial score (nSPS) is 16.2. The Kier molecular flexibility index (Phi) is 5.48. The molecule has 0 spiro atoms. The fraction of sp³-hybridized carbons (Fsp3) is 0.368. The Morgan fingerprint density at radius 1 is 1.11 bits per heavy atom. The van der Waals surface area contributed by atoms with E-state index in [1.807, 2.05) is 0 Å². The van der Waals surface area contributed by atoms with Crippen LogP contribution in [-0.4, -0.2) is 36.3 Å². The summed E-state index contributed by atoms with van der Waals surface area (Å²) in [5, 5.41) is 2.67. The van der Waals surface area contributed by atoms with Gasteiger partial charge >= 0.3 is 0 Å². The molecule has 7 nitrogen and oxygen atoms in total. The molecule has 0 aliphatic carbocycles. The SMILES string of the molecule is CC1CCN(S(=O)(=O)c2ccc(NC(=O)c3ccn(C)c(=O)c3)cc2)CC1. The maximum Gasteiger partial charge on any atom is 0.255 e. The highest BCUT2D eigenvalue weighted by Crippen LogP contribution is 2.24. The lowest BCUT2D eigenvalue weighted by molar-refractivity contribution is 0.102. The van der Waals surface area contributed by atoms with Crippen molar-refractivity contribution in [3.8, 4) is 0 Å². The third kappa shape index (κ3) is 4.28. The number of aryl methyl sites for hydroxylation is 1. The zero-order valence-corrected chi connectivity index (χ0v) is 16.2. The van der Waals surface area contributed by atoms with Crippen LogP contribution in [0.3, 0.4) is 0 Å². The number of aromatic nitrogens is 1. The Hall–Kier alpha value is -2.45. The van der Waals surface area contributed by atoms with E-state index in [0.717, 1.165) is 12.8 Å². The lowest BCUT2D eigenvalue weighted by Crippen LogP contribution is -2.37. The van der Waals surface area contributed by atoms with Crippen molar-refractivity contribution >= 4 is 21.6 Å². The van der Waals surface area contributed by atoms with E-state index in [1.54, 1.807) is 25.2 Å². The van der Waals surface area contributed by atoms with Gasteiger partial charge in [0.25, 0.3) is 11.5 Å². The maximum atomic E-state index is 12.7. The first-order valence-electron chi connectivity index (χ1n) is 8.85. The minimum atomic E-state index is -3.52. The van der Waals surface area contributed by atoms with Crippen LogP contribution in [0.15, 0.2) is 52.3 Å². The second kappa shape index (κ2) is 7.66. The number of rotatable bonds is 4. The molecule has 1 aromatic carbocycles. The van der Waals surface area contributed by atoms with Crippen LogP contribution in [0.4, 0.5) is 5.69 Å². The first-order valence-corrected chi connectivity index (χ1v) is 10.3. The summed E-state index contributed by atoms with van der Waals surface area (Å²) in [6.07, 6.45) is 3.25. The lowest BCUT2D eigenvalue weighted by atomic mass is 10.0. The Morgan fingerprint density at radius 2 is 1.74 bits per heavy atom. The highest BCUT2D eigenvalue weighted by molar-refractivity contribution is 7.89. The lowest BCUT2D eigenvalue weighted by Gasteiger charge is -2.29. The van der Waals surface area contributed by atoms with Crippen LogP contribution < -0.4 is 10.9 Å². The summed E-state index contributed by atoms with van der Waals surface area (Å²) in [7, 11) is -1.91. The summed E-state index contributed by atoms with van der Waals surface area (Å²) in [5.74, 6) is 0.122. The molecule has 3 rings (SSSR count). The largest absolute Gasteiger partial charge is 0.322 e. The van der Waals surface area contributed by atoms with Gasteiger partial charge in [-0.25, -0.2) is 8.42 Å². The Bertz CT molecular complexity index is 988. The van der Waals surface area contributed by atoms with Crippen LogP contribution >= 0.6 is 0 Å². The number of amides is 1. The van der Waals surface area contributed by atoms with Crippen molar-refractivity contribution < 1.29 is 13.2 Å². The van der Waals surface area contributed by atoms with Crippen molar-refractivity contribution in [2.24, 2.45) is 13.0 Å². The van der Waals surface area contributed by atoms with Gasteiger partial charge in [-0.1, -0.05) is 6.92 Å². The van der Waals surface area contributed by atoms with E-state index >= 15 is 0 Å². The summed E-state index contributed by atoms with van der Waals surface area (Å²) in [6.45, 7) is 3.19. The minimum absolute atomic E-state index is 0.212. The number of carbonyl (C=O) groups is 1. The zero-order chi connectivity index (χ0) is 19.6. The van der Waals surface area contributed by atoms with Gasteiger partial charge in [0, 0.05) is 43.7 Å². The second-order valence-corrected chi connectivity index (χ2v) is 8.87. The third-order valence-corrected chi connectivity index (χ3v) is 6.77. The van der Waals surface area contributed by atoms with E-state index in [4.69, 9.17) is 0 Å². The summed E-state index contributed by atoms with van der Waals surface area (Å²) in [5.41, 5.74) is 0.434. The molecule has 0 atom stereocenters. The molecule has 2 heterocycles. The second-order valence-electron chi connectivity index (χ2n) is 6.93. The van der Waals surface area contributed by atoms with Crippen molar-refractivity contribution in [3.63, 3.8) is 0 Å².